The smallest absolute Gasteiger partial charge is 0.255 e. The number of carbonyl (C=O) groups is 1. The first kappa shape index (κ1) is 24.3. The van der Waals surface area contributed by atoms with Gasteiger partial charge >= 0.3 is 0 Å². The van der Waals surface area contributed by atoms with Gasteiger partial charge < -0.3 is 14.7 Å². The van der Waals surface area contributed by atoms with Crippen molar-refractivity contribution in [2.24, 2.45) is 0 Å². The second-order valence-electron chi connectivity index (χ2n) is 9.03. The fourth-order valence-electron chi connectivity index (χ4n) is 4.74. The van der Waals surface area contributed by atoms with E-state index in [4.69, 9.17) is 16.6 Å². The van der Waals surface area contributed by atoms with Gasteiger partial charge in [-0.05, 0) is 24.3 Å². The Morgan fingerprint density at radius 3 is 2.31 bits per heavy atom. The average molecular weight is 511 g/mol. The fraction of sp³-hybridized carbons (Fsp3) is 0.346. The van der Waals surface area contributed by atoms with Gasteiger partial charge in [0.2, 0.25) is 5.95 Å². The monoisotopic (exact) mass is 510 g/mol. The lowest BCUT2D eigenvalue weighted by Crippen LogP contribution is -2.49. The Kier molecular flexibility index (Phi) is 7.20. The Bertz CT molecular complexity index is 1290. The lowest BCUT2D eigenvalue weighted by atomic mass is 10.2. The third-order valence-electron chi connectivity index (χ3n) is 6.70. The van der Waals surface area contributed by atoms with Crippen LogP contribution in [-0.2, 0) is 6.54 Å². The van der Waals surface area contributed by atoms with E-state index in [1.165, 1.54) is 12.1 Å². The van der Waals surface area contributed by atoms with E-state index < -0.39 is 0 Å². The molecule has 3 aromatic rings. The van der Waals surface area contributed by atoms with Crippen LogP contribution < -0.4 is 15.4 Å². The molecule has 188 valence electrons. The molecule has 0 unspecified atom stereocenters. The summed E-state index contributed by atoms with van der Waals surface area (Å²) in [5.41, 5.74) is 1.62. The number of hydrogen-bond acceptors (Lipinski definition) is 6. The number of nitrogens with zero attached hydrogens (tertiary/aromatic N) is 5. The molecular formula is C26H28ClFN6O2. The van der Waals surface area contributed by atoms with E-state index in [1.807, 2.05) is 15.9 Å². The maximum absolute atomic E-state index is 14.1. The molecular weight excluding hydrogens is 483 g/mol. The summed E-state index contributed by atoms with van der Waals surface area (Å²) >= 11 is 6.19. The molecule has 2 aliphatic rings. The van der Waals surface area contributed by atoms with E-state index in [0.717, 1.165) is 13.1 Å². The van der Waals surface area contributed by atoms with Crippen molar-refractivity contribution in [1.29, 1.82) is 0 Å². The highest BCUT2D eigenvalue weighted by atomic mass is 35.5. The van der Waals surface area contributed by atoms with Gasteiger partial charge in [-0.15, -0.1) is 0 Å². The van der Waals surface area contributed by atoms with Crippen molar-refractivity contribution < 1.29 is 9.18 Å². The predicted octanol–water partition coefficient (Wildman–Crippen LogP) is 2.85. The Morgan fingerprint density at radius 1 is 0.917 bits per heavy atom. The highest BCUT2D eigenvalue weighted by Gasteiger charge is 2.25. The molecule has 0 spiro atoms. The molecule has 10 heteroatoms. The highest BCUT2D eigenvalue weighted by Crippen LogP contribution is 2.21. The quantitative estimate of drug-likeness (QED) is 0.569. The third kappa shape index (κ3) is 5.37. The van der Waals surface area contributed by atoms with Gasteiger partial charge in [-0.2, -0.15) is 0 Å². The molecule has 0 atom stereocenters. The largest absolute Gasteiger partial charge is 0.367 e. The molecule has 2 aliphatic heterocycles. The van der Waals surface area contributed by atoms with Crippen LogP contribution in [0.4, 0.5) is 16.0 Å². The molecule has 8 nitrogen and oxygen atoms in total. The molecule has 2 fully saturated rings. The number of piperazine rings is 2. The minimum atomic E-state index is -0.208. The van der Waals surface area contributed by atoms with Gasteiger partial charge in [-0.1, -0.05) is 35.9 Å². The number of benzene rings is 2. The summed E-state index contributed by atoms with van der Waals surface area (Å²) in [4.78, 5) is 40.8. The topological polar surface area (TPSA) is 75.8 Å². The second kappa shape index (κ2) is 10.7. The summed E-state index contributed by atoms with van der Waals surface area (Å²) in [6.45, 7) is 5.60. The van der Waals surface area contributed by atoms with Crippen LogP contribution in [0.1, 0.15) is 16.1 Å². The van der Waals surface area contributed by atoms with Gasteiger partial charge in [-0.3, -0.25) is 19.5 Å². The Hall–Kier alpha value is -3.43. The van der Waals surface area contributed by atoms with Gasteiger partial charge in [0.25, 0.3) is 11.5 Å². The zero-order valence-corrected chi connectivity index (χ0v) is 20.6. The molecule has 1 aromatic heterocycles. The molecule has 2 aromatic carbocycles. The van der Waals surface area contributed by atoms with Crippen molar-refractivity contribution in [3.8, 4) is 0 Å². The van der Waals surface area contributed by atoms with Crippen LogP contribution in [0.3, 0.4) is 0 Å². The van der Waals surface area contributed by atoms with Crippen molar-refractivity contribution in [2.75, 3.05) is 62.2 Å². The zero-order valence-electron chi connectivity index (χ0n) is 19.9. The molecule has 5 rings (SSSR count). The molecule has 3 heterocycles. The SMILES string of the molecule is O=C(c1ccccc1Cl)N1CCN(c2nc(CN3CCN(c4ccccc4F)CC3)cc(=O)[nH]2)CC1. The van der Waals surface area contributed by atoms with E-state index in [1.54, 1.807) is 41.3 Å². The van der Waals surface area contributed by atoms with E-state index in [9.17, 15) is 14.0 Å². The number of aromatic nitrogens is 2. The lowest BCUT2D eigenvalue weighted by Gasteiger charge is -2.36. The number of para-hydroxylation sites is 1. The van der Waals surface area contributed by atoms with Crippen LogP contribution in [0, 0.1) is 5.82 Å². The Balaban J connectivity index is 1.19. The number of hydrogen-bond donors (Lipinski definition) is 1. The summed E-state index contributed by atoms with van der Waals surface area (Å²) in [6.07, 6.45) is 0. The number of anilines is 2. The van der Waals surface area contributed by atoms with E-state index in [2.05, 4.69) is 9.88 Å². The number of nitrogens with one attached hydrogen (secondary N) is 1. The lowest BCUT2D eigenvalue weighted by molar-refractivity contribution is 0.0746. The molecule has 1 N–H and O–H groups in total. The number of aromatic amines is 1. The average Bonchev–Trinajstić information content (AvgIpc) is 2.89. The molecule has 0 radical (unpaired) electrons. The number of carbonyl (C=O) groups excluding carboxylic acids is 1. The van der Waals surface area contributed by atoms with E-state index >= 15 is 0 Å². The first-order chi connectivity index (χ1) is 17.5. The van der Waals surface area contributed by atoms with Crippen LogP contribution in [0.5, 0.6) is 0 Å². The summed E-state index contributed by atoms with van der Waals surface area (Å²) in [5.74, 6) is 0.220. The number of rotatable bonds is 5. The minimum absolute atomic E-state index is 0.0926. The van der Waals surface area contributed by atoms with Crippen LogP contribution >= 0.6 is 11.6 Å². The molecule has 0 saturated carbocycles. The Morgan fingerprint density at radius 2 is 1.58 bits per heavy atom. The van der Waals surface area contributed by atoms with E-state index in [0.29, 0.717) is 73.7 Å². The molecule has 0 bridgehead atoms. The fourth-order valence-corrected chi connectivity index (χ4v) is 4.95. The van der Waals surface area contributed by atoms with Gasteiger partial charge in [0.05, 0.1) is 22.0 Å². The maximum atomic E-state index is 14.1. The molecule has 36 heavy (non-hydrogen) atoms. The zero-order chi connectivity index (χ0) is 25.1. The summed E-state index contributed by atoms with van der Waals surface area (Å²) in [6, 6.07) is 15.4. The maximum Gasteiger partial charge on any atom is 0.255 e. The Labute approximate surface area is 213 Å². The van der Waals surface area contributed by atoms with Gasteiger partial charge in [0, 0.05) is 65.0 Å². The van der Waals surface area contributed by atoms with Crippen LogP contribution in [0.15, 0.2) is 59.4 Å². The molecule has 1 amide bonds. The third-order valence-corrected chi connectivity index (χ3v) is 7.03. The summed E-state index contributed by atoms with van der Waals surface area (Å²) in [7, 11) is 0. The van der Waals surface area contributed by atoms with Crippen molar-refractivity contribution in [2.45, 2.75) is 6.54 Å². The standard InChI is InChI=1S/C26H28ClFN6O2/c27-21-6-2-1-5-20(21)25(36)33-13-15-34(16-14-33)26-29-19(17-24(35)30-26)18-31-9-11-32(12-10-31)23-8-4-3-7-22(23)28/h1-8,17H,9-16,18H2,(H,29,30,35). The summed E-state index contributed by atoms with van der Waals surface area (Å²) in [5, 5.41) is 0.443. The van der Waals surface area contributed by atoms with Crippen LogP contribution in [0.25, 0.3) is 0 Å². The van der Waals surface area contributed by atoms with Crippen LogP contribution in [-0.4, -0.2) is 78.0 Å². The van der Waals surface area contributed by atoms with Crippen molar-refractivity contribution in [1.82, 2.24) is 19.8 Å². The van der Waals surface area contributed by atoms with Crippen molar-refractivity contribution in [3.63, 3.8) is 0 Å². The van der Waals surface area contributed by atoms with E-state index in [-0.39, 0.29) is 17.3 Å². The predicted molar refractivity (Wildman–Crippen MR) is 138 cm³/mol. The minimum Gasteiger partial charge on any atom is -0.367 e. The normalized spacial score (nSPS) is 16.9. The van der Waals surface area contributed by atoms with Gasteiger partial charge in [-0.25, -0.2) is 9.37 Å². The highest BCUT2D eigenvalue weighted by molar-refractivity contribution is 6.33. The van der Waals surface area contributed by atoms with Gasteiger partial charge in [0.1, 0.15) is 5.82 Å². The first-order valence-corrected chi connectivity index (χ1v) is 12.5. The molecule has 2 saturated heterocycles. The molecule has 0 aliphatic carbocycles. The second-order valence-corrected chi connectivity index (χ2v) is 9.44. The van der Waals surface area contributed by atoms with Crippen LogP contribution in [0.2, 0.25) is 5.02 Å². The summed E-state index contributed by atoms with van der Waals surface area (Å²) < 4.78 is 14.1. The number of H-pyrrole nitrogens is 1. The first-order valence-electron chi connectivity index (χ1n) is 12.1. The number of halogens is 2. The van der Waals surface area contributed by atoms with Crippen molar-refractivity contribution >= 4 is 29.1 Å². The van der Waals surface area contributed by atoms with Crippen molar-refractivity contribution in [3.05, 3.63) is 87.0 Å². The van der Waals surface area contributed by atoms with Gasteiger partial charge in [0.15, 0.2) is 0 Å². The number of amides is 1.